The van der Waals surface area contributed by atoms with Crippen molar-refractivity contribution in [2.45, 2.75) is 4.90 Å². The van der Waals surface area contributed by atoms with Crippen LogP contribution in [0.1, 0.15) is 10.4 Å². The van der Waals surface area contributed by atoms with E-state index in [1.807, 2.05) is 0 Å². The van der Waals surface area contributed by atoms with Gasteiger partial charge in [-0.15, -0.1) is 0 Å². The second-order valence-electron chi connectivity index (χ2n) is 5.30. The zero-order valence-electron chi connectivity index (χ0n) is 13.8. The lowest BCUT2D eigenvalue weighted by Crippen LogP contribution is -2.24. The van der Waals surface area contributed by atoms with Crippen molar-refractivity contribution < 1.29 is 14.0 Å². The predicted octanol–water partition coefficient (Wildman–Crippen LogP) is 1.72. The molecule has 1 heterocycles. The summed E-state index contributed by atoms with van der Waals surface area (Å²) < 4.78 is 7.88. The molecule has 0 aliphatic carbocycles. The fourth-order valence-electron chi connectivity index (χ4n) is 2.27. The molecule has 2 amide bonds. The average molecular weight is 372 g/mol. The maximum Gasteiger partial charge on any atom is 0.417 e. The minimum Gasteiger partial charge on any atom is -0.408 e. The highest BCUT2D eigenvalue weighted by atomic mass is 32.2. The van der Waals surface area contributed by atoms with Crippen LogP contribution in [-0.4, -0.2) is 30.4 Å². The van der Waals surface area contributed by atoms with Crippen molar-refractivity contribution in [1.29, 1.82) is 0 Å². The summed E-state index contributed by atoms with van der Waals surface area (Å²) in [6.45, 7) is 0.0643. The number of aromatic amines is 1. The van der Waals surface area contributed by atoms with Gasteiger partial charge in [-0.1, -0.05) is 6.07 Å². The molecular formula is C17H16N4O4S. The molecule has 0 saturated heterocycles. The number of rotatable bonds is 6. The Labute approximate surface area is 152 Å². The van der Waals surface area contributed by atoms with Gasteiger partial charge in [0.1, 0.15) is 0 Å². The smallest absolute Gasteiger partial charge is 0.408 e. The first-order chi connectivity index (χ1) is 12.5. The number of oxazole rings is 1. The van der Waals surface area contributed by atoms with E-state index in [0.29, 0.717) is 22.4 Å². The van der Waals surface area contributed by atoms with E-state index in [2.05, 4.69) is 20.3 Å². The van der Waals surface area contributed by atoms with Gasteiger partial charge >= 0.3 is 5.76 Å². The lowest BCUT2D eigenvalue weighted by molar-refractivity contribution is -0.115. The lowest BCUT2D eigenvalue weighted by Gasteiger charge is -2.08. The van der Waals surface area contributed by atoms with Crippen LogP contribution in [0.5, 0.6) is 0 Å². The third-order valence-corrected chi connectivity index (χ3v) is 4.23. The molecule has 0 radical (unpaired) electrons. The van der Waals surface area contributed by atoms with Gasteiger partial charge in [0.15, 0.2) is 5.58 Å². The van der Waals surface area contributed by atoms with Crippen LogP contribution in [0.4, 0.5) is 5.69 Å². The Bertz CT molecular complexity index is 1010. The van der Waals surface area contributed by atoms with Gasteiger partial charge in [-0.3, -0.25) is 19.3 Å². The van der Waals surface area contributed by atoms with E-state index in [0.717, 1.165) is 4.90 Å². The summed E-state index contributed by atoms with van der Waals surface area (Å²) in [6.07, 6.45) is 0. The van der Waals surface area contributed by atoms with E-state index >= 15 is 0 Å². The number of benzene rings is 2. The highest BCUT2D eigenvalue weighted by Crippen LogP contribution is 2.19. The van der Waals surface area contributed by atoms with Gasteiger partial charge in [-0.05, 0) is 48.3 Å². The molecule has 0 fully saturated rings. The molecule has 4 N–H and O–H groups in total. The minimum atomic E-state index is -0.506. The fraction of sp³-hybridized carbons (Fsp3) is 0.118. The first-order valence-corrected chi connectivity index (χ1v) is 8.51. The van der Waals surface area contributed by atoms with Crippen LogP contribution in [0.15, 0.2) is 56.6 Å². The molecule has 1 aromatic heterocycles. The second kappa shape index (κ2) is 7.89. The second-order valence-corrected chi connectivity index (χ2v) is 6.27. The Morgan fingerprint density at radius 1 is 1.19 bits per heavy atom. The first-order valence-electron chi connectivity index (χ1n) is 7.70. The Morgan fingerprint density at radius 3 is 2.85 bits per heavy atom. The van der Waals surface area contributed by atoms with Gasteiger partial charge in [0.05, 0.1) is 12.1 Å². The highest BCUT2D eigenvalue weighted by molar-refractivity contribution is 7.97. The molecule has 3 rings (SSSR count). The number of nitrogens with one attached hydrogen (secondary N) is 4. The van der Waals surface area contributed by atoms with Gasteiger partial charge in [-0.25, -0.2) is 4.79 Å². The molecule has 8 nitrogen and oxygen atoms in total. The van der Waals surface area contributed by atoms with Crippen molar-refractivity contribution in [3.05, 3.63) is 58.6 Å². The van der Waals surface area contributed by atoms with Gasteiger partial charge in [-0.2, -0.15) is 0 Å². The van der Waals surface area contributed by atoms with Gasteiger partial charge < -0.3 is 15.1 Å². The van der Waals surface area contributed by atoms with Gasteiger partial charge in [0.2, 0.25) is 5.91 Å². The quantitative estimate of drug-likeness (QED) is 0.490. The number of H-pyrrole nitrogens is 1. The molecular weight excluding hydrogens is 356 g/mol. The Hall–Kier alpha value is -3.04. The van der Waals surface area contributed by atoms with E-state index in [9.17, 15) is 14.4 Å². The van der Waals surface area contributed by atoms with E-state index in [1.165, 1.54) is 11.9 Å². The Morgan fingerprint density at radius 2 is 2.04 bits per heavy atom. The van der Waals surface area contributed by atoms with E-state index in [4.69, 9.17) is 4.42 Å². The molecule has 9 heteroatoms. The normalized spacial score (nSPS) is 10.7. The molecule has 134 valence electrons. The maximum absolute atomic E-state index is 12.0. The van der Waals surface area contributed by atoms with Gasteiger partial charge in [0, 0.05) is 23.2 Å². The van der Waals surface area contributed by atoms with Crippen molar-refractivity contribution in [2.24, 2.45) is 0 Å². The number of carbonyl (C=O) groups is 2. The van der Waals surface area contributed by atoms with Crippen molar-refractivity contribution in [3.63, 3.8) is 0 Å². The minimum absolute atomic E-state index is 0.0643. The molecule has 0 saturated carbocycles. The summed E-state index contributed by atoms with van der Waals surface area (Å²) in [5, 5.41) is 5.26. The molecule has 0 atom stereocenters. The zero-order chi connectivity index (χ0) is 18.5. The SMILES string of the molecule is CNC(=O)c1cccc(NC(=O)CNSc2ccc3oc(=O)[nH]c3c2)c1. The highest BCUT2D eigenvalue weighted by Gasteiger charge is 2.07. The molecule has 0 bridgehead atoms. The molecule has 0 unspecified atom stereocenters. The lowest BCUT2D eigenvalue weighted by atomic mass is 10.2. The molecule has 0 aliphatic heterocycles. The predicted molar refractivity (Wildman–Crippen MR) is 99.2 cm³/mol. The number of anilines is 1. The van der Waals surface area contributed by atoms with Crippen LogP contribution in [0.25, 0.3) is 11.1 Å². The summed E-state index contributed by atoms with van der Waals surface area (Å²) in [7, 11) is 1.55. The summed E-state index contributed by atoms with van der Waals surface area (Å²) in [5.41, 5.74) is 2.08. The third-order valence-electron chi connectivity index (χ3n) is 3.45. The molecule has 2 aromatic carbocycles. The van der Waals surface area contributed by atoms with Gasteiger partial charge in [0.25, 0.3) is 5.91 Å². The summed E-state index contributed by atoms with van der Waals surface area (Å²) in [5.74, 6) is -0.972. The van der Waals surface area contributed by atoms with Crippen molar-refractivity contribution in [2.75, 3.05) is 18.9 Å². The average Bonchev–Trinajstić information content (AvgIpc) is 3.00. The molecule has 0 spiro atoms. The summed E-state index contributed by atoms with van der Waals surface area (Å²) >= 11 is 1.26. The zero-order valence-corrected chi connectivity index (χ0v) is 14.6. The van der Waals surface area contributed by atoms with E-state index in [-0.39, 0.29) is 18.4 Å². The number of amides is 2. The van der Waals surface area contributed by atoms with Crippen molar-refractivity contribution in [3.8, 4) is 0 Å². The van der Waals surface area contributed by atoms with Crippen LogP contribution in [-0.2, 0) is 4.79 Å². The number of fused-ring (bicyclic) bond motifs is 1. The van der Waals surface area contributed by atoms with Crippen molar-refractivity contribution in [1.82, 2.24) is 15.0 Å². The molecule has 26 heavy (non-hydrogen) atoms. The largest absolute Gasteiger partial charge is 0.417 e. The van der Waals surface area contributed by atoms with Crippen LogP contribution < -0.4 is 21.1 Å². The Balaban J connectivity index is 1.53. The Kier molecular flexibility index (Phi) is 5.40. The summed E-state index contributed by atoms with van der Waals surface area (Å²) in [4.78, 5) is 38.2. The number of carbonyl (C=O) groups excluding carboxylic acids is 2. The third kappa shape index (κ3) is 4.32. The number of aromatic nitrogens is 1. The van der Waals surface area contributed by atoms with Crippen molar-refractivity contribution >= 4 is 40.5 Å². The van der Waals surface area contributed by atoms with E-state index in [1.54, 1.807) is 49.5 Å². The molecule has 0 aliphatic rings. The van der Waals surface area contributed by atoms with Crippen LogP contribution in [0.2, 0.25) is 0 Å². The number of hydrogen-bond donors (Lipinski definition) is 4. The monoisotopic (exact) mass is 372 g/mol. The number of hydrogen-bond acceptors (Lipinski definition) is 6. The fourth-order valence-corrected chi connectivity index (χ4v) is 2.95. The maximum atomic E-state index is 12.0. The van der Waals surface area contributed by atoms with Crippen LogP contribution in [0.3, 0.4) is 0 Å². The first kappa shape index (κ1) is 17.8. The summed E-state index contributed by atoms with van der Waals surface area (Å²) in [6, 6.07) is 11.9. The van der Waals surface area contributed by atoms with Crippen LogP contribution >= 0.6 is 11.9 Å². The molecule has 3 aromatic rings. The van der Waals surface area contributed by atoms with Crippen LogP contribution in [0, 0.1) is 0 Å². The van der Waals surface area contributed by atoms with E-state index < -0.39 is 5.76 Å². The standard InChI is InChI=1S/C17H16N4O4S/c1-18-16(23)10-3-2-4-11(7-10)20-15(22)9-19-26-12-5-6-14-13(8-12)21-17(24)25-14/h2-8,19H,9H2,1H3,(H,18,23)(H,20,22)(H,21,24). The topological polar surface area (TPSA) is 116 Å².